The van der Waals surface area contributed by atoms with E-state index in [2.05, 4.69) is 23.5 Å². The Bertz CT molecular complexity index is 703. The zero-order valence-electron chi connectivity index (χ0n) is 14.9. The van der Waals surface area contributed by atoms with Crippen LogP contribution in [0.5, 0.6) is 11.5 Å². The number of nitrogens with one attached hydrogen (secondary N) is 1. The van der Waals surface area contributed by atoms with Crippen LogP contribution in [0.1, 0.15) is 61.5 Å². The van der Waals surface area contributed by atoms with Gasteiger partial charge >= 0.3 is 0 Å². The average Bonchev–Trinajstić information content (AvgIpc) is 3.31. The summed E-state index contributed by atoms with van der Waals surface area (Å²) >= 11 is 0. The van der Waals surface area contributed by atoms with Crippen LogP contribution in [-0.4, -0.2) is 13.2 Å². The zero-order valence-corrected chi connectivity index (χ0v) is 14.9. The topological polar surface area (TPSA) is 43.6 Å². The normalized spacial score (nSPS) is 20.4. The summed E-state index contributed by atoms with van der Waals surface area (Å²) in [5.74, 6) is 2.84. The fourth-order valence-corrected chi connectivity index (χ4v) is 4.05. The molecule has 1 atom stereocenters. The van der Waals surface area contributed by atoms with Gasteiger partial charge in [0.25, 0.3) is 0 Å². The molecule has 1 saturated carbocycles. The number of aryl methyl sites for hydroxylation is 1. The summed E-state index contributed by atoms with van der Waals surface area (Å²) in [6, 6.07) is 8.75. The van der Waals surface area contributed by atoms with Crippen LogP contribution in [0, 0.1) is 0 Å². The van der Waals surface area contributed by atoms with Gasteiger partial charge < -0.3 is 19.2 Å². The minimum atomic E-state index is 0.337. The van der Waals surface area contributed by atoms with E-state index in [1.165, 1.54) is 30.4 Å². The Kier molecular flexibility index (Phi) is 4.97. The highest BCUT2D eigenvalue weighted by molar-refractivity contribution is 5.43. The van der Waals surface area contributed by atoms with Gasteiger partial charge in [-0.05, 0) is 62.3 Å². The lowest BCUT2D eigenvalue weighted by atomic mass is 9.93. The van der Waals surface area contributed by atoms with Gasteiger partial charge in [0.05, 0.1) is 19.5 Å². The molecule has 0 saturated heterocycles. The third-order valence-corrected chi connectivity index (χ3v) is 5.43. The lowest BCUT2D eigenvalue weighted by Gasteiger charge is -2.23. The molecule has 0 amide bonds. The highest BCUT2D eigenvalue weighted by Crippen LogP contribution is 2.34. The quantitative estimate of drug-likeness (QED) is 0.821. The summed E-state index contributed by atoms with van der Waals surface area (Å²) in [4.78, 5) is 0. The monoisotopic (exact) mass is 341 g/mol. The minimum absolute atomic E-state index is 0.337. The van der Waals surface area contributed by atoms with E-state index >= 15 is 0 Å². The Hall–Kier alpha value is -1.94. The number of furan rings is 1. The first kappa shape index (κ1) is 16.5. The van der Waals surface area contributed by atoms with E-state index in [0.29, 0.717) is 12.1 Å². The van der Waals surface area contributed by atoms with Crippen molar-refractivity contribution in [3.8, 4) is 11.5 Å². The highest BCUT2D eigenvalue weighted by atomic mass is 16.5. The molecule has 0 bridgehead atoms. The maximum absolute atomic E-state index is 6.21. The molecule has 2 aliphatic carbocycles. The third kappa shape index (κ3) is 3.69. The van der Waals surface area contributed by atoms with Crippen molar-refractivity contribution in [3.63, 3.8) is 0 Å². The Morgan fingerprint density at radius 2 is 1.96 bits per heavy atom. The van der Waals surface area contributed by atoms with E-state index in [-0.39, 0.29) is 0 Å². The SMILES string of the molecule is COc1ccc(CNC2CCCc3occc32)cc1OC1CCCC1. The lowest BCUT2D eigenvalue weighted by molar-refractivity contribution is 0.200. The van der Waals surface area contributed by atoms with Crippen LogP contribution in [0.15, 0.2) is 34.9 Å². The van der Waals surface area contributed by atoms with Crippen molar-refractivity contribution < 1.29 is 13.9 Å². The molecule has 2 aromatic rings. The van der Waals surface area contributed by atoms with E-state index in [1.54, 1.807) is 7.11 Å². The molecule has 1 aromatic carbocycles. The fraction of sp³-hybridized carbons (Fsp3) is 0.524. The smallest absolute Gasteiger partial charge is 0.161 e. The molecular formula is C21H27NO3. The van der Waals surface area contributed by atoms with E-state index in [0.717, 1.165) is 49.5 Å². The Balaban J connectivity index is 1.44. The molecule has 134 valence electrons. The number of methoxy groups -OCH3 is 1. The second kappa shape index (κ2) is 7.52. The summed E-state index contributed by atoms with van der Waals surface area (Å²) in [6.07, 6.45) is 10.4. The summed E-state index contributed by atoms with van der Waals surface area (Å²) < 4.78 is 17.3. The molecule has 0 radical (unpaired) electrons. The van der Waals surface area contributed by atoms with Crippen molar-refractivity contribution in [1.82, 2.24) is 5.32 Å². The van der Waals surface area contributed by atoms with Crippen molar-refractivity contribution in [2.45, 2.75) is 63.6 Å². The van der Waals surface area contributed by atoms with Gasteiger partial charge in [-0.15, -0.1) is 0 Å². The number of rotatable bonds is 6. The molecule has 1 N–H and O–H groups in total. The van der Waals surface area contributed by atoms with Crippen molar-refractivity contribution >= 4 is 0 Å². The standard InChI is InChI=1S/C21H27NO3/c1-23-20-10-9-15(13-21(20)25-16-5-2-3-6-16)14-22-18-7-4-8-19-17(18)11-12-24-19/h9-13,16,18,22H,2-8,14H2,1H3. The summed E-state index contributed by atoms with van der Waals surface area (Å²) in [5, 5.41) is 3.68. The molecule has 4 nitrogen and oxygen atoms in total. The Morgan fingerprint density at radius 3 is 2.80 bits per heavy atom. The average molecular weight is 341 g/mol. The Morgan fingerprint density at radius 1 is 1.08 bits per heavy atom. The number of ether oxygens (including phenoxy) is 2. The predicted octanol–water partition coefficient (Wildman–Crippen LogP) is 4.78. The molecule has 0 aliphatic heterocycles. The van der Waals surface area contributed by atoms with Crippen LogP contribution in [0.3, 0.4) is 0 Å². The van der Waals surface area contributed by atoms with Crippen molar-refractivity contribution in [1.29, 1.82) is 0 Å². The van der Waals surface area contributed by atoms with Gasteiger partial charge in [0, 0.05) is 24.6 Å². The van der Waals surface area contributed by atoms with Crippen LogP contribution >= 0.6 is 0 Å². The molecule has 4 rings (SSSR count). The molecule has 0 spiro atoms. The van der Waals surface area contributed by atoms with E-state index in [4.69, 9.17) is 13.9 Å². The second-order valence-corrected chi connectivity index (χ2v) is 7.13. The van der Waals surface area contributed by atoms with Gasteiger partial charge in [0.2, 0.25) is 0 Å². The molecule has 4 heteroatoms. The van der Waals surface area contributed by atoms with Gasteiger partial charge in [-0.1, -0.05) is 6.07 Å². The first-order valence-corrected chi connectivity index (χ1v) is 9.46. The van der Waals surface area contributed by atoms with Gasteiger partial charge in [-0.3, -0.25) is 0 Å². The van der Waals surface area contributed by atoms with Crippen LogP contribution in [0.25, 0.3) is 0 Å². The Labute approximate surface area is 149 Å². The van der Waals surface area contributed by atoms with Crippen molar-refractivity contribution in [2.75, 3.05) is 7.11 Å². The highest BCUT2D eigenvalue weighted by Gasteiger charge is 2.22. The van der Waals surface area contributed by atoms with Gasteiger partial charge in [-0.25, -0.2) is 0 Å². The number of benzene rings is 1. The van der Waals surface area contributed by atoms with Gasteiger partial charge in [-0.2, -0.15) is 0 Å². The molecular weight excluding hydrogens is 314 g/mol. The van der Waals surface area contributed by atoms with E-state index in [1.807, 2.05) is 12.3 Å². The first-order chi connectivity index (χ1) is 12.3. The largest absolute Gasteiger partial charge is 0.493 e. The van der Waals surface area contributed by atoms with Crippen LogP contribution in [0.4, 0.5) is 0 Å². The van der Waals surface area contributed by atoms with Crippen molar-refractivity contribution in [3.05, 3.63) is 47.4 Å². The lowest BCUT2D eigenvalue weighted by Crippen LogP contribution is -2.24. The van der Waals surface area contributed by atoms with E-state index < -0.39 is 0 Å². The van der Waals surface area contributed by atoms with Crippen LogP contribution < -0.4 is 14.8 Å². The molecule has 1 fully saturated rings. The van der Waals surface area contributed by atoms with Crippen molar-refractivity contribution in [2.24, 2.45) is 0 Å². The van der Waals surface area contributed by atoms with Crippen LogP contribution in [-0.2, 0) is 13.0 Å². The maximum Gasteiger partial charge on any atom is 0.161 e. The molecule has 1 unspecified atom stereocenters. The number of hydrogen-bond donors (Lipinski definition) is 1. The molecule has 25 heavy (non-hydrogen) atoms. The number of hydrogen-bond acceptors (Lipinski definition) is 4. The zero-order chi connectivity index (χ0) is 17.1. The van der Waals surface area contributed by atoms with Gasteiger partial charge in [0.1, 0.15) is 5.76 Å². The number of fused-ring (bicyclic) bond motifs is 1. The summed E-state index contributed by atoms with van der Waals surface area (Å²) in [5.41, 5.74) is 2.55. The second-order valence-electron chi connectivity index (χ2n) is 7.13. The van der Waals surface area contributed by atoms with Gasteiger partial charge in [0.15, 0.2) is 11.5 Å². The predicted molar refractivity (Wildman–Crippen MR) is 97.1 cm³/mol. The minimum Gasteiger partial charge on any atom is -0.493 e. The molecule has 2 aliphatic rings. The maximum atomic E-state index is 6.21. The molecule has 1 aromatic heterocycles. The van der Waals surface area contributed by atoms with Crippen LogP contribution in [0.2, 0.25) is 0 Å². The summed E-state index contributed by atoms with van der Waals surface area (Å²) in [7, 11) is 1.71. The van der Waals surface area contributed by atoms with E-state index in [9.17, 15) is 0 Å². The summed E-state index contributed by atoms with van der Waals surface area (Å²) in [6.45, 7) is 0.820. The molecule has 1 heterocycles. The third-order valence-electron chi connectivity index (χ3n) is 5.43. The fourth-order valence-electron chi connectivity index (χ4n) is 4.05. The first-order valence-electron chi connectivity index (χ1n) is 9.46.